The molecule has 3 heteroatoms. The molecule has 0 saturated heterocycles. The van der Waals surface area contributed by atoms with E-state index in [0.29, 0.717) is 0 Å². The molecule has 0 aliphatic rings. The minimum atomic E-state index is 1.13. The summed E-state index contributed by atoms with van der Waals surface area (Å²) < 4.78 is 4.78. The molecule has 3 nitrogen and oxygen atoms in total. The van der Waals surface area contributed by atoms with Gasteiger partial charge in [-0.3, -0.25) is 0 Å². The van der Waals surface area contributed by atoms with Crippen LogP contribution in [-0.4, -0.2) is 9.13 Å². The third-order valence-electron chi connectivity index (χ3n) is 11.8. The first-order chi connectivity index (χ1) is 29.1. The summed E-state index contributed by atoms with van der Waals surface area (Å²) in [5.41, 5.74) is 17.8. The fraction of sp³-hybridized carbons (Fsp3) is 0.0357. The van der Waals surface area contributed by atoms with Gasteiger partial charge >= 0.3 is 0 Å². The first kappa shape index (κ1) is 34.6. The Kier molecular flexibility index (Phi) is 8.27. The summed E-state index contributed by atoms with van der Waals surface area (Å²) >= 11 is 0. The molecule has 280 valence electrons. The third-order valence-corrected chi connectivity index (χ3v) is 11.8. The Hall–Kier alpha value is -7.62. The van der Waals surface area contributed by atoms with Crippen molar-refractivity contribution in [2.75, 3.05) is 4.90 Å². The lowest BCUT2D eigenvalue weighted by Gasteiger charge is -2.26. The van der Waals surface area contributed by atoms with Crippen LogP contribution >= 0.6 is 0 Å². The second kappa shape index (κ2) is 14.1. The molecule has 9 aromatic carbocycles. The van der Waals surface area contributed by atoms with E-state index in [2.05, 4.69) is 240 Å². The van der Waals surface area contributed by atoms with Crippen LogP contribution in [0.25, 0.3) is 77.2 Å². The summed E-state index contributed by atoms with van der Waals surface area (Å²) in [5.74, 6) is 0. The fourth-order valence-corrected chi connectivity index (χ4v) is 9.03. The van der Waals surface area contributed by atoms with Gasteiger partial charge in [0, 0.05) is 50.0 Å². The van der Waals surface area contributed by atoms with Crippen LogP contribution in [0.5, 0.6) is 0 Å². The van der Waals surface area contributed by atoms with Crippen molar-refractivity contribution in [3.8, 4) is 33.6 Å². The van der Waals surface area contributed by atoms with Crippen molar-refractivity contribution in [1.82, 2.24) is 9.13 Å². The number of nitrogens with zero attached hydrogens (tertiary/aromatic N) is 3. The first-order valence-corrected chi connectivity index (χ1v) is 20.3. The number of rotatable bonds is 7. The summed E-state index contributed by atoms with van der Waals surface area (Å²) in [5, 5.41) is 4.97. The van der Waals surface area contributed by atoms with E-state index >= 15 is 0 Å². The summed E-state index contributed by atoms with van der Waals surface area (Å²) in [4.78, 5) is 2.35. The van der Waals surface area contributed by atoms with Gasteiger partial charge < -0.3 is 14.0 Å². The van der Waals surface area contributed by atoms with Crippen molar-refractivity contribution < 1.29 is 0 Å². The molecule has 0 atom stereocenters. The van der Waals surface area contributed by atoms with Gasteiger partial charge in [0.15, 0.2) is 0 Å². The Morgan fingerprint density at radius 1 is 0.288 bits per heavy atom. The number of hydrogen-bond acceptors (Lipinski definition) is 1. The monoisotopic (exact) mass is 755 g/mol. The highest BCUT2D eigenvalue weighted by Crippen LogP contribution is 2.41. The van der Waals surface area contributed by atoms with Crippen LogP contribution in [0.4, 0.5) is 17.1 Å². The van der Waals surface area contributed by atoms with E-state index in [1.54, 1.807) is 0 Å². The number of anilines is 3. The predicted octanol–water partition coefficient (Wildman–Crippen LogP) is 15.3. The largest absolute Gasteiger partial charge is 0.310 e. The van der Waals surface area contributed by atoms with Gasteiger partial charge in [-0.15, -0.1) is 0 Å². The van der Waals surface area contributed by atoms with Gasteiger partial charge in [0.05, 0.1) is 22.1 Å². The second-order valence-corrected chi connectivity index (χ2v) is 15.6. The minimum Gasteiger partial charge on any atom is -0.310 e. The zero-order chi connectivity index (χ0) is 39.5. The number of aryl methyl sites for hydroxylation is 2. The molecule has 0 bridgehead atoms. The summed E-state index contributed by atoms with van der Waals surface area (Å²) in [6.07, 6.45) is 0. The molecule has 59 heavy (non-hydrogen) atoms. The van der Waals surface area contributed by atoms with Gasteiger partial charge in [-0.2, -0.15) is 0 Å². The molecule has 2 heterocycles. The standard InChI is InChI=1S/C56H41N3/c1-38-13-11-19-47(33-38)57(48-20-12-14-39(2)34-48)46-28-23-40(24-29-46)41-25-30-55-51(35-41)52-37-43(27-32-56(52)59(55)45-17-7-4-8-18-45)42-26-31-54-50(36-42)49-21-9-10-22-53(49)58(54)44-15-5-3-6-16-44/h3-37H,1-2H3. The van der Waals surface area contributed by atoms with Gasteiger partial charge in [0.25, 0.3) is 0 Å². The molecule has 0 spiro atoms. The molecular formula is C56H41N3. The van der Waals surface area contributed by atoms with Crippen LogP contribution in [0.1, 0.15) is 11.1 Å². The van der Waals surface area contributed by atoms with Crippen molar-refractivity contribution in [2.45, 2.75) is 13.8 Å². The maximum absolute atomic E-state index is 2.40. The van der Waals surface area contributed by atoms with Crippen molar-refractivity contribution >= 4 is 60.7 Å². The van der Waals surface area contributed by atoms with E-state index in [0.717, 1.165) is 22.7 Å². The van der Waals surface area contributed by atoms with Gasteiger partial charge in [-0.05, 0) is 150 Å². The first-order valence-electron chi connectivity index (χ1n) is 20.3. The zero-order valence-electron chi connectivity index (χ0n) is 33.0. The van der Waals surface area contributed by atoms with Gasteiger partial charge in [0.2, 0.25) is 0 Å². The normalized spacial score (nSPS) is 11.6. The average Bonchev–Trinajstić information content (AvgIpc) is 3.79. The zero-order valence-corrected chi connectivity index (χ0v) is 33.0. The highest BCUT2D eigenvalue weighted by molar-refractivity contribution is 6.13. The van der Waals surface area contributed by atoms with E-state index in [9.17, 15) is 0 Å². The molecule has 2 aromatic heterocycles. The number of benzene rings is 9. The number of aromatic nitrogens is 2. The van der Waals surface area contributed by atoms with Gasteiger partial charge in [-0.1, -0.05) is 109 Å². The molecule has 11 aromatic rings. The van der Waals surface area contributed by atoms with Crippen molar-refractivity contribution in [3.63, 3.8) is 0 Å². The van der Waals surface area contributed by atoms with E-state index in [1.165, 1.54) is 82.7 Å². The Morgan fingerprint density at radius 3 is 1.19 bits per heavy atom. The molecule has 0 fully saturated rings. The van der Waals surface area contributed by atoms with Gasteiger partial charge in [-0.25, -0.2) is 0 Å². The Bertz CT molecular complexity index is 3290. The SMILES string of the molecule is Cc1cccc(N(c2ccc(-c3ccc4c(c3)c3cc(-c5ccc6c(c5)c5ccccc5n6-c5ccccc5)ccc3n4-c3ccccc3)cc2)c2cccc(C)c2)c1. The third kappa shape index (κ3) is 5.98. The summed E-state index contributed by atoms with van der Waals surface area (Å²) in [7, 11) is 0. The Labute approximate surface area is 344 Å². The van der Waals surface area contributed by atoms with Gasteiger partial charge in [0.1, 0.15) is 0 Å². The van der Waals surface area contributed by atoms with Crippen molar-refractivity contribution in [1.29, 1.82) is 0 Å². The van der Waals surface area contributed by atoms with Crippen LogP contribution in [0.3, 0.4) is 0 Å². The molecule has 0 aliphatic heterocycles. The maximum Gasteiger partial charge on any atom is 0.0541 e. The van der Waals surface area contributed by atoms with Crippen molar-refractivity contribution in [2.24, 2.45) is 0 Å². The van der Waals surface area contributed by atoms with Crippen molar-refractivity contribution in [3.05, 3.63) is 223 Å². The van der Waals surface area contributed by atoms with Crippen LogP contribution in [0.15, 0.2) is 212 Å². The molecule has 11 rings (SSSR count). The molecule has 0 aliphatic carbocycles. The number of fused-ring (bicyclic) bond motifs is 6. The quantitative estimate of drug-likeness (QED) is 0.158. The lowest BCUT2D eigenvalue weighted by Crippen LogP contribution is -2.10. The lowest BCUT2D eigenvalue weighted by atomic mass is 9.99. The molecule has 0 N–H and O–H groups in total. The molecule has 0 unspecified atom stereocenters. The van der Waals surface area contributed by atoms with E-state index in [1.807, 2.05) is 0 Å². The van der Waals surface area contributed by atoms with E-state index in [4.69, 9.17) is 0 Å². The highest BCUT2D eigenvalue weighted by Gasteiger charge is 2.18. The lowest BCUT2D eigenvalue weighted by molar-refractivity contribution is 1.18. The summed E-state index contributed by atoms with van der Waals surface area (Å²) in [6, 6.07) is 77.5. The van der Waals surface area contributed by atoms with Crippen LogP contribution < -0.4 is 4.90 Å². The van der Waals surface area contributed by atoms with Crippen LogP contribution in [-0.2, 0) is 0 Å². The maximum atomic E-state index is 2.40. The van der Waals surface area contributed by atoms with Crippen LogP contribution in [0, 0.1) is 13.8 Å². The predicted molar refractivity (Wildman–Crippen MR) is 250 cm³/mol. The Balaban J connectivity index is 1.04. The molecular weight excluding hydrogens is 715 g/mol. The summed E-state index contributed by atoms with van der Waals surface area (Å²) in [6.45, 7) is 4.30. The van der Waals surface area contributed by atoms with Crippen LogP contribution in [0.2, 0.25) is 0 Å². The topological polar surface area (TPSA) is 13.1 Å². The highest BCUT2D eigenvalue weighted by atomic mass is 15.1. The number of hydrogen-bond donors (Lipinski definition) is 0. The molecule has 0 saturated carbocycles. The number of para-hydroxylation sites is 3. The molecule has 0 radical (unpaired) electrons. The molecule has 0 amide bonds. The van der Waals surface area contributed by atoms with E-state index in [-0.39, 0.29) is 0 Å². The average molecular weight is 756 g/mol. The smallest absolute Gasteiger partial charge is 0.0541 e. The Morgan fingerprint density at radius 2 is 0.695 bits per heavy atom. The van der Waals surface area contributed by atoms with E-state index < -0.39 is 0 Å². The second-order valence-electron chi connectivity index (χ2n) is 15.6. The minimum absolute atomic E-state index is 1.13. The fourth-order valence-electron chi connectivity index (χ4n) is 9.03.